The van der Waals surface area contributed by atoms with Gasteiger partial charge in [0.15, 0.2) is 6.04 Å². The minimum Gasteiger partial charge on any atom is -0.251 e. The maximum atomic E-state index is 2.59. The zero-order chi connectivity index (χ0) is 14.1. The van der Waals surface area contributed by atoms with E-state index in [0.717, 1.165) is 13.1 Å². The molecule has 1 unspecified atom stereocenters. The first kappa shape index (κ1) is 13.0. The maximum Gasteiger partial charge on any atom is 0.309 e. The lowest BCUT2D eigenvalue weighted by atomic mass is 10.1. The fourth-order valence-corrected chi connectivity index (χ4v) is 4.43. The Hall–Kier alpha value is -1.74. The van der Waals surface area contributed by atoms with Crippen molar-refractivity contribution in [2.24, 2.45) is 0 Å². The van der Waals surface area contributed by atoms with E-state index < -0.39 is 0 Å². The van der Waals surface area contributed by atoms with Crippen LogP contribution in [0.25, 0.3) is 0 Å². The third-order valence-corrected chi connectivity index (χ3v) is 5.40. The summed E-state index contributed by atoms with van der Waals surface area (Å²) in [5.74, 6) is 1.22. The Morgan fingerprint density at radius 3 is 2.48 bits per heavy atom. The van der Waals surface area contributed by atoms with E-state index in [4.69, 9.17) is 0 Å². The smallest absolute Gasteiger partial charge is 0.251 e. The third kappa shape index (κ3) is 2.46. The van der Waals surface area contributed by atoms with E-state index in [1.54, 1.807) is 0 Å². The van der Waals surface area contributed by atoms with Crippen LogP contribution in [0.15, 0.2) is 60.7 Å². The predicted molar refractivity (Wildman–Crippen MR) is 88.6 cm³/mol. The molecule has 106 valence electrons. The molecule has 2 nitrogen and oxygen atoms in total. The lowest BCUT2D eigenvalue weighted by molar-refractivity contribution is -0.511. The molecule has 2 aliphatic rings. The van der Waals surface area contributed by atoms with Crippen LogP contribution in [0, 0.1) is 0 Å². The molecule has 2 aromatic carbocycles. The largest absolute Gasteiger partial charge is 0.309 e. The molecular weight excluding hydrogens is 276 g/mol. The summed E-state index contributed by atoms with van der Waals surface area (Å²) in [6.45, 7) is 3.31. The Labute approximate surface area is 130 Å². The Kier molecular flexibility index (Phi) is 3.44. The van der Waals surface area contributed by atoms with Crippen LogP contribution in [0.3, 0.4) is 0 Å². The van der Waals surface area contributed by atoms with Gasteiger partial charge in [-0.3, -0.25) is 4.58 Å². The predicted octanol–water partition coefficient (Wildman–Crippen LogP) is 3.36. The summed E-state index contributed by atoms with van der Waals surface area (Å²) in [6.07, 6.45) is 0. The van der Waals surface area contributed by atoms with Crippen LogP contribution < -0.4 is 0 Å². The van der Waals surface area contributed by atoms with Crippen LogP contribution in [0.2, 0.25) is 0 Å². The van der Waals surface area contributed by atoms with E-state index in [-0.39, 0.29) is 0 Å². The van der Waals surface area contributed by atoms with Crippen molar-refractivity contribution in [1.29, 1.82) is 0 Å². The van der Waals surface area contributed by atoms with Gasteiger partial charge in [-0.1, -0.05) is 60.7 Å². The van der Waals surface area contributed by atoms with Crippen molar-refractivity contribution < 1.29 is 4.58 Å². The van der Waals surface area contributed by atoms with Crippen molar-refractivity contribution in [2.75, 3.05) is 18.8 Å². The quantitative estimate of drug-likeness (QED) is 0.801. The average molecular weight is 295 g/mol. The number of hydrogen-bond acceptors (Lipinski definition) is 2. The van der Waals surface area contributed by atoms with Crippen LogP contribution in [0.1, 0.15) is 17.2 Å². The molecule has 0 aromatic heterocycles. The molecule has 2 aliphatic heterocycles. The molecule has 2 heterocycles. The summed E-state index contributed by atoms with van der Waals surface area (Å²) < 4.78 is 2.55. The van der Waals surface area contributed by atoms with E-state index in [1.165, 1.54) is 28.6 Å². The van der Waals surface area contributed by atoms with Gasteiger partial charge in [-0.25, -0.2) is 4.90 Å². The fraction of sp³-hybridized carbons (Fsp3) is 0.278. The Morgan fingerprint density at radius 2 is 1.71 bits per heavy atom. The molecule has 0 bridgehead atoms. The monoisotopic (exact) mass is 295 g/mol. The number of amidine groups is 1. The summed E-state index contributed by atoms with van der Waals surface area (Å²) in [6, 6.07) is 22.2. The first-order valence-electron chi connectivity index (χ1n) is 7.52. The minimum atomic E-state index is 0.481. The Bertz CT molecular complexity index is 651. The molecule has 0 saturated heterocycles. The summed E-state index contributed by atoms with van der Waals surface area (Å²) in [7, 11) is 0. The van der Waals surface area contributed by atoms with Crippen molar-refractivity contribution in [1.82, 2.24) is 4.90 Å². The van der Waals surface area contributed by atoms with Gasteiger partial charge in [-0.15, -0.1) is 0 Å². The summed E-state index contributed by atoms with van der Waals surface area (Å²) in [5.41, 5.74) is 2.82. The van der Waals surface area contributed by atoms with Crippen LogP contribution >= 0.6 is 11.8 Å². The number of benzene rings is 2. The first-order chi connectivity index (χ1) is 10.4. The highest BCUT2D eigenvalue weighted by Crippen LogP contribution is 2.34. The lowest BCUT2D eigenvalue weighted by Gasteiger charge is -2.20. The normalized spacial score (nSPS) is 21.0. The van der Waals surface area contributed by atoms with Gasteiger partial charge in [0.1, 0.15) is 13.1 Å². The van der Waals surface area contributed by atoms with Crippen molar-refractivity contribution in [3.63, 3.8) is 0 Å². The van der Waals surface area contributed by atoms with Gasteiger partial charge in [-0.2, -0.15) is 0 Å². The second-order valence-corrected chi connectivity index (χ2v) is 6.68. The fourth-order valence-electron chi connectivity index (χ4n) is 3.23. The number of rotatable bonds is 3. The summed E-state index contributed by atoms with van der Waals surface area (Å²) in [5, 5.41) is 1.47. The molecule has 3 heteroatoms. The molecule has 4 rings (SSSR count). The maximum absolute atomic E-state index is 2.59. The molecule has 0 spiro atoms. The molecule has 2 aromatic rings. The van der Waals surface area contributed by atoms with Crippen LogP contribution in [-0.4, -0.2) is 33.5 Å². The van der Waals surface area contributed by atoms with Gasteiger partial charge in [0.25, 0.3) is 0 Å². The zero-order valence-corrected chi connectivity index (χ0v) is 12.8. The first-order valence-corrected chi connectivity index (χ1v) is 8.50. The van der Waals surface area contributed by atoms with Gasteiger partial charge in [0.05, 0.1) is 6.54 Å². The van der Waals surface area contributed by atoms with Gasteiger partial charge in [0.2, 0.25) is 0 Å². The van der Waals surface area contributed by atoms with Crippen molar-refractivity contribution in [2.45, 2.75) is 12.6 Å². The molecule has 0 saturated carbocycles. The van der Waals surface area contributed by atoms with Crippen LogP contribution in [0.4, 0.5) is 0 Å². The van der Waals surface area contributed by atoms with E-state index in [2.05, 4.69) is 70.1 Å². The topological polar surface area (TPSA) is 6.25 Å². The molecule has 0 aliphatic carbocycles. The lowest BCUT2D eigenvalue weighted by Crippen LogP contribution is -2.28. The Morgan fingerprint density at radius 1 is 1.00 bits per heavy atom. The SMILES string of the molecule is c1ccc(CN2C3=[N+](CCS3)CC2c2ccccc2)cc1. The van der Waals surface area contributed by atoms with E-state index in [1.807, 2.05) is 11.8 Å². The highest BCUT2D eigenvalue weighted by Gasteiger charge is 2.43. The molecule has 0 amide bonds. The molecule has 0 N–H and O–H groups in total. The van der Waals surface area contributed by atoms with Crippen LogP contribution in [-0.2, 0) is 6.54 Å². The second kappa shape index (κ2) is 5.57. The highest BCUT2D eigenvalue weighted by atomic mass is 32.2. The molecule has 1 atom stereocenters. The highest BCUT2D eigenvalue weighted by molar-refractivity contribution is 8.13. The number of nitrogens with zero attached hydrogens (tertiary/aromatic N) is 2. The van der Waals surface area contributed by atoms with Gasteiger partial charge in [-0.05, 0) is 17.3 Å². The number of hydrogen-bond donors (Lipinski definition) is 0. The number of thioether (sulfide) groups is 1. The molecule has 0 fully saturated rings. The van der Waals surface area contributed by atoms with Gasteiger partial charge in [0, 0.05) is 11.3 Å². The van der Waals surface area contributed by atoms with Gasteiger partial charge >= 0.3 is 5.17 Å². The van der Waals surface area contributed by atoms with Crippen LogP contribution in [0.5, 0.6) is 0 Å². The molecule has 0 radical (unpaired) electrons. The van der Waals surface area contributed by atoms with E-state index in [0.29, 0.717) is 6.04 Å². The second-order valence-electron chi connectivity index (χ2n) is 5.62. The standard InChI is InChI=1S/C18H19N2S/c1-3-7-15(8-4-1)13-20-17(16-9-5-2-6-10-16)14-19-11-12-21-18(19)20/h1-10,17H,11-14H2/q+1. The Balaban J connectivity index is 1.65. The van der Waals surface area contributed by atoms with E-state index in [9.17, 15) is 0 Å². The van der Waals surface area contributed by atoms with Crippen molar-refractivity contribution in [3.05, 3.63) is 71.8 Å². The van der Waals surface area contributed by atoms with E-state index >= 15 is 0 Å². The van der Waals surface area contributed by atoms with Crippen molar-refractivity contribution >= 4 is 16.9 Å². The average Bonchev–Trinajstić information content (AvgIpc) is 3.12. The zero-order valence-electron chi connectivity index (χ0n) is 12.0. The third-order valence-electron chi connectivity index (χ3n) is 4.26. The summed E-state index contributed by atoms with van der Waals surface area (Å²) in [4.78, 5) is 2.59. The minimum absolute atomic E-state index is 0.481. The van der Waals surface area contributed by atoms with Crippen molar-refractivity contribution in [3.8, 4) is 0 Å². The molecule has 21 heavy (non-hydrogen) atoms. The summed E-state index contributed by atoms with van der Waals surface area (Å²) >= 11 is 2.01. The molecular formula is C18H19N2S+. The van der Waals surface area contributed by atoms with Gasteiger partial charge < -0.3 is 0 Å².